The zero-order chi connectivity index (χ0) is 30.0. The average Bonchev–Trinajstić information content (AvgIpc) is 3.47. The molecule has 11 heteroatoms. The molecular formula is C30H30N2O8S. The maximum atomic E-state index is 13.7. The van der Waals surface area contributed by atoms with E-state index in [1.165, 1.54) is 32.3 Å². The number of hydrogen-bond donors (Lipinski definition) is 1. The minimum absolute atomic E-state index is 0.00268. The number of carbonyl (C=O) groups is 3. The number of Topliss-reactive ketones (excluding diaryl/α,β-unsaturated/α-hetero) is 1. The maximum Gasteiger partial charge on any atom is 0.350 e. The Morgan fingerprint density at radius 1 is 1.07 bits per heavy atom. The number of aryl methyl sites for hydroxylation is 3. The largest absolute Gasteiger partial charge is 0.507 e. The molecule has 1 aliphatic heterocycles. The van der Waals surface area contributed by atoms with Gasteiger partial charge in [0.15, 0.2) is 16.6 Å². The first-order valence-corrected chi connectivity index (χ1v) is 13.3. The van der Waals surface area contributed by atoms with E-state index in [9.17, 15) is 19.5 Å². The van der Waals surface area contributed by atoms with E-state index in [0.717, 1.165) is 16.9 Å². The molecule has 1 unspecified atom stereocenters. The van der Waals surface area contributed by atoms with Gasteiger partial charge in [0.05, 0.1) is 38.6 Å². The smallest absolute Gasteiger partial charge is 0.350 e. The molecule has 0 bridgehead atoms. The highest BCUT2D eigenvalue weighted by molar-refractivity contribution is 7.17. The summed E-state index contributed by atoms with van der Waals surface area (Å²) in [5.41, 5.74) is 2.52. The Kier molecular flexibility index (Phi) is 8.48. The van der Waals surface area contributed by atoms with E-state index in [1.54, 1.807) is 32.0 Å². The van der Waals surface area contributed by atoms with Crippen molar-refractivity contribution in [3.05, 3.63) is 81.4 Å². The van der Waals surface area contributed by atoms with Crippen LogP contribution in [-0.4, -0.2) is 55.7 Å². The average molecular weight is 579 g/mol. The van der Waals surface area contributed by atoms with Gasteiger partial charge in [0.2, 0.25) is 5.75 Å². The summed E-state index contributed by atoms with van der Waals surface area (Å²) in [6.07, 6.45) is 1.44. The lowest BCUT2D eigenvalue weighted by Crippen LogP contribution is -2.29. The predicted octanol–water partition coefficient (Wildman–Crippen LogP) is 5.06. The van der Waals surface area contributed by atoms with Gasteiger partial charge in [-0.15, -0.1) is 0 Å². The van der Waals surface area contributed by atoms with E-state index in [2.05, 4.69) is 11.6 Å². The fourth-order valence-corrected chi connectivity index (χ4v) is 5.60. The molecule has 0 spiro atoms. The Bertz CT molecular complexity index is 1560. The van der Waals surface area contributed by atoms with Crippen molar-refractivity contribution in [2.45, 2.75) is 26.8 Å². The molecule has 1 fully saturated rings. The molecule has 1 aliphatic rings. The number of anilines is 1. The number of ether oxygens (including phenoxy) is 4. The molecular weight excluding hydrogens is 548 g/mol. The zero-order valence-electron chi connectivity index (χ0n) is 23.6. The van der Waals surface area contributed by atoms with Crippen molar-refractivity contribution in [1.29, 1.82) is 0 Å². The number of hydrogen-bond acceptors (Lipinski definition) is 10. The van der Waals surface area contributed by atoms with E-state index in [0.29, 0.717) is 28.1 Å². The van der Waals surface area contributed by atoms with Gasteiger partial charge in [-0.05, 0) is 50.1 Å². The van der Waals surface area contributed by atoms with E-state index in [-0.39, 0.29) is 39.4 Å². The molecule has 1 atom stereocenters. The summed E-state index contributed by atoms with van der Waals surface area (Å²) in [4.78, 5) is 45.8. The van der Waals surface area contributed by atoms with Crippen LogP contribution >= 0.6 is 11.3 Å². The van der Waals surface area contributed by atoms with E-state index in [1.807, 2.05) is 19.1 Å². The molecule has 10 nitrogen and oxygen atoms in total. The fraction of sp³-hybridized carbons (Fsp3) is 0.267. The molecule has 1 N–H and O–H groups in total. The molecule has 1 amide bonds. The van der Waals surface area contributed by atoms with Crippen LogP contribution in [0.25, 0.3) is 5.76 Å². The second-order valence-electron chi connectivity index (χ2n) is 9.24. The van der Waals surface area contributed by atoms with Crippen molar-refractivity contribution in [3.8, 4) is 17.2 Å². The van der Waals surface area contributed by atoms with Crippen molar-refractivity contribution >= 4 is 39.9 Å². The molecule has 0 saturated carbocycles. The summed E-state index contributed by atoms with van der Waals surface area (Å²) in [5.74, 6) is -1.94. The number of aromatic nitrogens is 1. The highest BCUT2D eigenvalue weighted by Gasteiger charge is 2.49. The molecule has 41 heavy (non-hydrogen) atoms. The second-order valence-corrected chi connectivity index (χ2v) is 10.2. The lowest BCUT2D eigenvalue weighted by atomic mass is 9.93. The highest BCUT2D eigenvalue weighted by Crippen LogP contribution is 2.48. The summed E-state index contributed by atoms with van der Waals surface area (Å²) < 4.78 is 21.7. The van der Waals surface area contributed by atoms with Crippen LogP contribution in [0.4, 0.5) is 5.13 Å². The maximum absolute atomic E-state index is 13.7. The van der Waals surface area contributed by atoms with Crippen LogP contribution in [0.15, 0.2) is 48.6 Å². The van der Waals surface area contributed by atoms with Crippen molar-refractivity contribution < 1.29 is 38.4 Å². The second kappa shape index (κ2) is 11.8. The third kappa shape index (κ3) is 5.28. The number of nitrogens with zero attached hydrogens (tertiary/aromatic N) is 2. The highest BCUT2D eigenvalue weighted by atomic mass is 32.1. The van der Waals surface area contributed by atoms with E-state index in [4.69, 9.17) is 18.9 Å². The molecule has 1 aromatic heterocycles. The minimum atomic E-state index is -1.15. The van der Waals surface area contributed by atoms with Gasteiger partial charge in [0, 0.05) is 5.56 Å². The topological polar surface area (TPSA) is 124 Å². The first kappa shape index (κ1) is 29.3. The summed E-state index contributed by atoms with van der Waals surface area (Å²) >= 11 is 0.904. The number of amides is 1. The Morgan fingerprint density at radius 3 is 2.32 bits per heavy atom. The third-order valence-corrected chi connectivity index (χ3v) is 7.74. The number of methoxy groups -OCH3 is 3. The molecule has 214 valence electrons. The van der Waals surface area contributed by atoms with Crippen molar-refractivity contribution in [2.75, 3.05) is 32.8 Å². The number of esters is 1. The van der Waals surface area contributed by atoms with Gasteiger partial charge in [-0.1, -0.05) is 41.7 Å². The molecule has 0 radical (unpaired) electrons. The van der Waals surface area contributed by atoms with Crippen LogP contribution in [0.3, 0.4) is 0 Å². The summed E-state index contributed by atoms with van der Waals surface area (Å²) in [5, 5.41) is 11.7. The number of aliphatic hydroxyl groups is 1. The van der Waals surface area contributed by atoms with Crippen molar-refractivity contribution in [2.24, 2.45) is 0 Å². The molecule has 0 aliphatic carbocycles. The van der Waals surface area contributed by atoms with Crippen LogP contribution in [0, 0.1) is 20.8 Å². The molecule has 2 heterocycles. The predicted molar refractivity (Wildman–Crippen MR) is 154 cm³/mol. The first-order valence-electron chi connectivity index (χ1n) is 12.5. The number of ketones is 1. The van der Waals surface area contributed by atoms with Gasteiger partial charge in [-0.3, -0.25) is 14.5 Å². The summed E-state index contributed by atoms with van der Waals surface area (Å²) in [6, 6.07) is 7.49. The minimum Gasteiger partial charge on any atom is -0.507 e. The van der Waals surface area contributed by atoms with Crippen LogP contribution in [-0.2, 0) is 14.3 Å². The SMILES string of the molecule is C=CCOC(=O)c1sc(N2C(=O)C(=O)C(=C(O)c3cc(C)ccc3C)C2c2cc(OC)c(OC)c(OC)c2)nc1C. The van der Waals surface area contributed by atoms with Crippen LogP contribution in [0.2, 0.25) is 0 Å². The summed E-state index contributed by atoms with van der Waals surface area (Å²) in [7, 11) is 4.34. The van der Waals surface area contributed by atoms with Gasteiger partial charge in [0.25, 0.3) is 5.78 Å². The van der Waals surface area contributed by atoms with Crippen LogP contribution in [0.1, 0.15) is 43.7 Å². The fourth-order valence-electron chi connectivity index (χ4n) is 4.62. The molecule has 4 rings (SSSR count). The lowest BCUT2D eigenvalue weighted by molar-refractivity contribution is -0.132. The Hall–Kier alpha value is -4.64. The third-order valence-electron chi connectivity index (χ3n) is 6.60. The Balaban J connectivity index is 2.01. The van der Waals surface area contributed by atoms with Crippen molar-refractivity contribution in [3.63, 3.8) is 0 Å². The first-order chi connectivity index (χ1) is 19.6. The number of thiazole rings is 1. The van der Waals surface area contributed by atoms with E-state index < -0.39 is 23.7 Å². The number of rotatable bonds is 9. The van der Waals surface area contributed by atoms with Gasteiger partial charge in [-0.25, -0.2) is 9.78 Å². The van der Waals surface area contributed by atoms with Crippen LogP contribution in [0.5, 0.6) is 17.2 Å². The monoisotopic (exact) mass is 578 g/mol. The number of carbonyl (C=O) groups excluding carboxylic acids is 3. The Morgan fingerprint density at radius 2 is 1.73 bits per heavy atom. The molecule has 1 saturated heterocycles. The zero-order valence-corrected chi connectivity index (χ0v) is 24.4. The van der Waals surface area contributed by atoms with Gasteiger partial charge in [-0.2, -0.15) is 0 Å². The number of benzene rings is 2. The van der Waals surface area contributed by atoms with Gasteiger partial charge in [0.1, 0.15) is 17.2 Å². The normalized spacial score (nSPS) is 16.0. The van der Waals surface area contributed by atoms with Crippen molar-refractivity contribution in [1.82, 2.24) is 4.98 Å². The Labute approximate surface area is 241 Å². The number of aliphatic hydroxyl groups excluding tert-OH is 1. The summed E-state index contributed by atoms with van der Waals surface area (Å²) in [6.45, 7) is 8.80. The van der Waals surface area contributed by atoms with Gasteiger partial charge < -0.3 is 24.1 Å². The van der Waals surface area contributed by atoms with Crippen LogP contribution < -0.4 is 19.1 Å². The van der Waals surface area contributed by atoms with Gasteiger partial charge >= 0.3 is 11.9 Å². The molecule has 3 aromatic rings. The van der Waals surface area contributed by atoms with E-state index >= 15 is 0 Å². The quantitative estimate of drug-likeness (QED) is 0.122. The molecule has 2 aromatic carbocycles. The lowest BCUT2D eigenvalue weighted by Gasteiger charge is -2.25. The standard InChI is InChI=1S/C30H30N2O8S/c1-8-11-40-29(36)27-17(4)31-30(41-27)32-23(18-13-20(37-5)26(39-7)21(14-18)38-6)22(25(34)28(32)35)24(33)19-12-15(2)9-10-16(19)3/h8-10,12-14,23,33H,1,11H2,2-7H3.